The first-order valence-electron chi connectivity index (χ1n) is 7.48. The Morgan fingerprint density at radius 2 is 2.25 bits per heavy atom. The van der Waals surface area contributed by atoms with Gasteiger partial charge in [-0.05, 0) is 18.4 Å². The van der Waals surface area contributed by atoms with Crippen molar-refractivity contribution in [1.82, 2.24) is 28.7 Å². The average molecular weight is 340 g/mol. The molecule has 3 aromatic heterocycles. The van der Waals surface area contributed by atoms with Gasteiger partial charge in [-0.3, -0.25) is 4.68 Å². The molecule has 0 radical (unpaired) electrons. The van der Waals surface area contributed by atoms with Crippen molar-refractivity contribution in [3.63, 3.8) is 0 Å². The Balaban J connectivity index is 1.73. The number of hydrogen-bond donors (Lipinski definition) is 1. The van der Waals surface area contributed by atoms with E-state index in [1.165, 1.54) is 0 Å². The number of nitriles is 1. The molecule has 8 nitrogen and oxygen atoms in total. The molecule has 0 spiro atoms. The summed E-state index contributed by atoms with van der Waals surface area (Å²) in [5.74, 6) is 0.241. The van der Waals surface area contributed by atoms with Crippen LogP contribution >= 0.6 is 11.9 Å². The fourth-order valence-electron chi connectivity index (χ4n) is 3.08. The zero-order chi connectivity index (χ0) is 16.7. The molecule has 122 valence electrons. The molecular formula is C15H16N8S. The van der Waals surface area contributed by atoms with Crippen molar-refractivity contribution in [3.05, 3.63) is 30.6 Å². The maximum Gasteiger partial charge on any atom is 0.240 e. The van der Waals surface area contributed by atoms with Gasteiger partial charge in [0.25, 0.3) is 0 Å². The summed E-state index contributed by atoms with van der Waals surface area (Å²) >= 11 is 1.69. The van der Waals surface area contributed by atoms with E-state index in [0.717, 1.165) is 24.3 Å². The van der Waals surface area contributed by atoms with Gasteiger partial charge in [0.2, 0.25) is 5.95 Å². The van der Waals surface area contributed by atoms with Crippen LogP contribution in [0.1, 0.15) is 6.42 Å². The predicted octanol–water partition coefficient (Wildman–Crippen LogP) is 1.38. The van der Waals surface area contributed by atoms with Crippen LogP contribution in [-0.2, 0) is 5.54 Å². The van der Waals surface area contributed by atoms with Crippen molar-refractivity contribution < 1.29 is 0 Å². The molecule has 1 saturated heterocycles. The van der Waals surface area contributed by atoms with Crippen molar-refractivity contribution in [1.29, 1.82) is 5.26 Å². The van der Waals surface area contributed by atoms with E-state index in [2.05, 4.69) is 25.6 Å². The molecule has 0 atom stereocenters. The molecule has 0 amide bonds. The number of nitrogens with zero attached hydrogens (tertiary/aromatic N) is 7. The van der Waals surface area contributed by atoms with Crippen molar-refractivity contribution in [2.45, 2.75) is 12.0 Å². The zero-order valence-electron chi connectivity index (χ0n) is 13.1. The standard InChI is InChI=1S/C15H16N8S/c1-24-21-9-15(10-21,5-6-16)22-8-11(7-18-22)12-3-2-4-13-19-14(17)20-23(12)13/h2-4,7-8H,5,9-10H2,1H3,(H2,17,20). The molecule has 0 saturated carbocycles. The van der Waals surface area contributed by atoms with E-state index in [1.807, 2.05) is 35.3 Å². The van der Waals surface area contributed by atoms with Gasteiger partial charge in [-0.25, -0.2) is 8.82 Å². The highest BCUT2D eigenvalue weighted by Crippen LogP contribution is 2.36. The highest BCUT2D eigenvalue weighted by atomic mass is 32.2. The third-order valence-corrected chi connectivity index (χ3v) is 5.12. The van der Waals surface area contributed by atoms with Crippen LogP contribution in [0.4, 0.5) is 5.95 Å². The monoisotopic (exact) mass is 340 g/mol. The van der Waals surface area contributed by atoms with Crippen LogP contribution < -0.4 is 5.73 Å². The van der Waals surface area contributed by atoms with Gasteiger partial charge in [0.1, 0.15) is 5.54 Å². The Morgan fingerprint density at radius 3 is 3.00 bits per heavy atom. The van der Waals surface area contributed by atoms with Crippen molar-refractivity contribution >= 4 is 23.5 Å². The third-order valence-electron chi connectivity index (χ3n) is 4.35. The maximum atomic E-state index is 9.20. The lowest BCUT2D eigenvalue weighted by molar-refractivity contribution is 0.0815. The molecular weight excluding hydrogens is 324 g/mol. The van der Waals surface area contributed by atoms with E-state index < -0.39 is 0 Å². The van der Waals surface area contributed by atoms with Gasteiger partial charge in [-0.15, -0.1) is 5.10 Å². The molecule has 4 heterocycles. The van der Waals surface area contributed by atoms with Gasteiger partial charge in [0.05, 0.1) is 24.4 Å². The second kappa shape index (κ2) is 5.51. The van der Waals surface area contributed by atoms with Crippen LogP contribution in [0.25, 0.3) is 16.9 Å². The lowest BCUT2D eigenvalue weighted by Crippen LogP contribution is -2.59. The normalized spacial score (nSPS) is 16.8. The van der Waals surface area contributed by atoms with Crippen molar-refractivity contribution in [3.8, 4) is 17.3 Å². The van der Waals surface area contributed by atoms with E-state index in [-0.39, 0.29) is 11.5 Å². The minimum atomic E-state index is -0.259. The molecule has 0 unspecified atom stereocenters. The number of rotatable bonds is 4. The Labute approximate surface area is 143 Å². The van der Waals surface area contributed by atoms with Crippen LogP contribution in [0.5, 0.6) is 0 Å². The molecule has 0 bridgehead atoms. The van der Waals surface area contributed by atoms with E-state index >= 15 is 0 Å². The van der Waals surface area contributed by atoms with E-state index in [0.29, 0.717) is 12.1 Å². The molecule has 24 heavy (non-hydrogen) atoms. The van der Waals surface area contributed by atoms with Gasteiger partial charge < -0.3 is 5.73 Å². The summed E-state index contributed by atoms with van der Waals surface area (Å²) in [7, 11) is 0. The largest absolute Gasteiger partial charge is 0.366 e. The summed E-state index contributed by atoms with van der Waals surface area (Å²) in [5, 5.41) is 18.0. The highest BCUT2D eigenvalue weighted by Gasteiger charge is 2.45. The fourth-order valence-corrected chi connectivity index (χ4v) is 3.82. The van der Waals surface area contributed by atoms with Gasteiger partial charge in [-0.1, -0.05) is 18.0 Å². The Bertz CT molecular complexity index is 930. The Kier molecular flexibility index (Phi) is 3.44. The summed E-state index contributed by atoms with van der Waals surface area (Å²) in [5.41, 5.74) is 7.94. The fraction of sp³-hybridized carbons (Fsp3) is 0.333. The number of fused-ring (bicyclic) bond motifs is 1. The van der Waals surface area contributed by atoms with E-state index in [1.54, 1.807) is 22.7 Å². The molecule has 9 heteroatoms. The zero-order valence-corrected chi connectivity index (χ0v) is 13.9. The number of anilines is 1. The van der Waals surface area contributed by atoms with Gasteiger partial charge in [0.15, 0.2) is 5.65 Å². The third kappa shape index (κ3) is 2.23. The highest BCUT2D eigenvalue weighted by molar-refractivity contribution is 7.96. The van der Waals surface area contributed by atoms with Gasteiger partial charge in [0, 0.05) is 24.8 Å². The van der Waals surface area contributed by atoms with Crippen LogP contribution in [0.2, 0.25) is 0 Å². The second-order valence-corrected chi connectivity index (χ2v) is 6.75. The molecule has 1 aliphatic heterocycles. The molecule has 2 N–H and O–H groups in total. The quantitative estimate of drug-likeness (QED) is 0.716. The average Bonchev–Trinajstić information content (AvgIpc) is 3.15. The molecule has 0 aromatic carbocycles. The molecule has 1 aliphatic rings. The molecule has 4 rings (SSSR count). The van der Waals surface area contributed by atoms with Gasteiger partial charge >= 0.3 is 0 Å². The Morgan fingerprint density at radius 1 is 1.42 bits per heavy atom. The van der Waals surface area contributed by atoms with E-state index in [4.69, 9.17) is 5.73 Å². The molecule has 0 aliphatic carbocycles. The number of aromatic nitrogens is 5. The van der Waals surface area contributed by atoms with Crippen LogP contribution in [0, 0.1) is 11.3 Å². The minimum absolute atomic E-state index is 0.241. The number of hydrogen-bond acceptors (Lipinski definition) is 7. The van der Waals surface area contributed by atoms with E-state index in [9.17, 15) is 5.26 Å². The smallest absolute Gasteiger partial charge is 0.240 e. The summed E-state index contributed by atoms with van der Waals surface area (Å²) in [6.07, 6.45) is 6.25. The number of nitrogens with two attached hydrogens (primary N) is 1. The Hall–Kier alpha value is -2.57. The number of pyridine rings is 1. The summed E-state index contributed by atoms with van der Waals surface area (Å²) in [6, 6.07) is 8.02. The topological polar surface area (TPSA) is 101 Å². The van der Waals surface area contributed by atoms with Crippen LogP contribution in [0.3, 0.4) is 0 Å². The first-order chi connectivity index (χ1) is 11.6. The second-order valence-electron chi connectivity index (χ2n) is 5.86. The van der Waals surface area contributed by atoms with Gasteiger partial charge in [-0.2, -0.15) is 15.3 Å². The first kappa shape index (κ1) is 15.0. The summed E-state index contributed by atoms with van der Waals surface area (Å²) < 4.78 is 5.84. The molecule has 3 aromatic rings. The predicted molar refractivity (Wildman–Crippen MR) is 91.9 cm³/mol. The minimum Gasteiger partial charge on any atom is -0.366 e. The van der Waals surface area contributed by atoms with Crippen molar-refractivity contribution in [2.24, 2.45) is 0 Å². The lowest BCUT2D eigenvalue weighted by Gasteiger charge is -2.47. The SMILES string of the molecule is CSN1CC(CC#N)(n2cc(-c3cccc4nc(N)nn34)cn2)C1. The lowest BCUT2D eigenvalue weighted by atomic mass is 9.89. The summed E-state index contributed by atoms with van der Waals surface area (Å²) in [4.78, 5) is 4.18. The van der Waals surface area contributed by atoms with Crippen LogP contribution in [0.15, 0.2) is 30.6 Å². The van der Waals surface area contributed by atoms with Crippen LogP contribution in [-0.4, -0.2) is 48.0 Å². The van der Waals surface area contributed by atoms with Crippen molar-refractivity contribution in [2.75, 3.05) is 25.1 Å². The maximum absolute atomic E-state index is 9.20. The first-order valence-corrected chi connectivity index (χ1v) is 8.66. The number of nitrogen functional groups attached to an aromatic ring is 1. The summed E-state index contributed by atoms with van der Waals surface area (Å²) in [6.45, 7) is 1.62. The molecule has 1 fully saturated rings.